The molecule has 0 saturated heterocycles. The van der Waals surface area contributed by atoms with E-state index in [1.54, 1.807) is 12.1 Å². The fourth-order valence-corrected chi connectivity index (χ4v) is 2.30. The zero-order chi connectivity index (χ0) is 16.1. The van der Waals surface area contributed by atoms with Crippen LogP contribution in [0.5, 0.6) is 0 Å². The van der Waals surface area contributed by atoms with Crippen LogP contribution in [-0.4, -0.2) is 16.1 Å². The van der Waals surface area contributed by atoms with Crippen molar-refractivity contribution in [3.05, 3.63) is 83.3 Å². The number of aryl methyl sites for hydroxylation is 2. The summed E-state index contributed by atoms with van der Waals surface area (Å²) in [5.41, 5.74) is 2.44. The van der Waals surface area contributed by atoms with Crippen LogP contribution in [0.25, 0.3) is 0 Å². The van der Waals surface area contributed by atoms with Crippen molar-refractivity contribution < 1.29 is 9.18 Å². The number of nitrogens with one attached hydrogen (secondary N) is 2. The summed E-state index contributed by atoms with van der Waals surface area (Å²) in [5.74, 6) is -0.392. The lowest BCUT2D eigenvalue weighted by Gasteiger charge is -2.01. The summed E-state index contributed by atoms with van der Waals surface area (Å²) in [5, 5.41) is 9.63. The molecule has 4 nitrogen and oxygen atoms in total. The number of aromatic amines is 1. The molecule has 0 bridgehead atoms. The highest BCUT2D eigenvalue weighted by Crippen LogP contribution is 2.11. The average Bonchev–Trinajstić information content (AvgIpc) is 3.01. The Kier molecular flexibility index (Phi) is 4.47. The Hall–Kier alpha value is -2.95. The second-order valence-corrected chi connectivity index (χ2v) is 5.23. The monoisotopic (exact) mass is 309 g/mol. The molecule has 3 rings (SSSR count). The maximum atomic E-state index is 13.1. The number of halogens is 1. The summed E-state index contributed by atoms with van der Waals surface area (Å²) in [4.78, 5) is 12.0. The number of nitrogens with zero attached hydrogens (tertiary/aromatic N) is 1. The SMILES string of the molecule is O=C(Nc1cc(CCc2ccccc2)[nH]n1)c1cccc(F)c1. The quantitative estimate of drug-likeness (QED) is 0.757. The first-order chi connectivity index (χ1) is 11.2. The van der Waals surface area contributed by atoms with Gasteiger partial charge in [0.15, 0.2) is 5.82 Å². The zero-order valence-electron chi connectivity index (χ0n) is 12.4. The van der Waals surface area contributed by atoms with Crippen LogP contribution in [0.1, 0.15) is 21.6 Å². The topological polar surface area (TPSA) is 57.8 Å². The third-order valence-corrected chi connectivity index (χ3v) is 3.49. The van der Waals surface area contributed by atoms with E-state index in [2.05, 4.69) is 27.6 Å². The Morgan fingerprint density at radius 2 is 1.87 bits per heavy atom. The van der Waals surface area contributed by atoms with Crippen molar-refractivity contribution in [2.75, 3.05) is 5.32 Å². The van der Waals surface area contributed by atoms with Gasteiger partial charge in [0, 0.05) is 17.3 Å². The van der Waals surface area contributed by atoms with E-state index in [9.17, 15) is 9.18 Å². The third-order valence-electron chi connectivity index (χ3n) is 3.49. The van der Waals surface area contributed by atoms with Crippen molar-refractivity contribution in [1.29, 1.82) is 0 Å². The molecule has 0 saturated carbocycles. The number of amides is 1. The first-order valence-corrected chi connectivity index (χ1v) is 7.36. The minimum absolute atomic E-state index is 0.263. The van der Waals surface area contributed by atoms with Crippen LogP contribution in [0, 0.1) is 5.82 Å². The van der Waals surface area contributed by atoms with Crippen molar-refractivity contribution in [3.63, 3.8) is 0 Å². The molecule has 0 aliphatic carbocycles. The number of carbonyl (C=O) groups excluding carboxylic acids is 1. The Balaban J connectivity index is 1.60. The third kappa shape index (κ3) is 4.03. The van der Waals surface area contributed by atoms with E-state index in [0.29, 0.717) is 5.82 Å². The molecule has 5 heteroatoms. The van der Waals surface area contributed by atoms with Crippen molar-refractivity contribution in [2.45, 2.75) is 12.8 Å². The van der Waals surface area contributed by atoms with Gasteiger partial charge in [-0.15, -0.1) is 0 Å². The van der Waals surface area contributed by atoms with E-state index in [1.807, 2.05) is 18.2 Å². The van der Waals surface area contributed by atoms with Crippen LogP contribution in [-0.2, 0) is 12.8 Å². The summed E-state index contributed by atoms with van der Waals surface area (Å²) in [6.45, 7) is 0. The van der Waals surface area contributed by atoms with Gasteiger partial charge in [0.1, 0.15) is 5.82 Å². The first kappa shape index (κ1) is 15.0. The largest absolute Gasteiger partial charge is 0.305 e. The summed E-state index contributed by atoms with van der Waals surface area (Å²) in [6.07, 6.45) is 1.69. The summed E-state index contributed by atoms with van der Waals surface area (Å²) >= 11 is 0. The van der Waals surface area contributed by atoms with Gasteiger partial charge in [-0.05, 0) is 36.6 Å². The number of aromatic nitrogens is 2. The predicted octanol–water partition coefficient (Wildman–Crippen LogP) is 3.59. The highest BCUT2D eigenvalue weighted by atomic mass is 19.1. The molecular formula is C18H16FN3O. The Morgan fingerprint density at radius 1 is 1.04 bits per heavy atom. The fraction of sp³-hybridized carbons (Fsp3) is 0.111. The molecule has 1 heterocycles. The highest BCUT2D eigenvalue weighted by Gasteiger charge is 2.09. The van der Waals surface area contributed by atoms with E-state index in [0.717, 1.165) is 18.5 Å². The number of anilines is 1. The standard InChI is InChI=1S/C18H16FN3O/c19-15-8-4-7-14(11-15)18(23)20-17-12-16(21-22-17)10-9-13-5-2-1-3-6-13/h1-8,11-12H,9-10H2,(H2,20,21,22,23). The fourth-order valence-electron chi connectivity index (χ4n) is 2.30. The zero-order valence-corrected chi connectivity index (χ0v) is 12.4. The first-order valence-electron chi connectivity index (χ1n) is 7.36. The number of H-pyrrole nitrogens is 1. The molecule has 23 heavy (non-hydrogen) atoms. The second kappa shape index (κ2) is 6.87. The molecule has 2 aromatic carbocycles. The van der Waals surface area contributed by atoms with Gasteiger partial charge in [-0.2, -0.15) is 5.10 Å². The summed E-state index contributed by atoms with van der Waals surface area (Å²) in [6, 6.07) is 17.5. The van der Waals surface area contributed by atoms with Gasteiger partial charge in [0.25, 0.3) is 5.91 Å². The van der Waals surface area contributed by atoms with E-state index in [-0.39, 0.29) is 11.5 Å². The highest BCUT2D eigenvalue weighted by molar-refractivity contribution is 6.03. The molecule has 1 aromatic heterocycles. The number of hydrogen-bond acceptors (Lipinski definition) is 2. The maximum absolute atomic E-state index is 13.1. The molecular weight excluding hydrogens is 293 g/mol. The lowest BCUT2D eigenvalue weighted by atomic mass is 10.1. The van der Waals surface area contributed by atoms with Crippen molar-refractivity contribution in [3.8, 4) is 0 Å². The number of hydrogen-bond donors (Lipinski definition) is 2. The lowest BCUT2D eigenvalue weighted by molar-refractivity contribution is 0.102. The van der Waals surface area contributed by atoms with E-state index in [4.69, 9.17) is 0 Å². The molecule has 0 spiro atoms. The van der Waals surface area contributed by atoms with Crippen LogP contribution in [0.15, 0.2) is 60.7 Å². The van der Waals surface area contributed by atoms with Crippen LogP contribution in [0.3, 0.4) is 0 Å². The Bertz CT molecular complexity index is 799. The Labute approximate surface area is 133 Å². The predicted molar refractivity (Wildman–Crippen MR) is 86.8 cm³/mol. The number of carbonyl (C=O) groups is 1. The average molecular weight is 309 g/mol. The molecule has 0 atom stereocenters. The van der Waals surface area contributed by atoms with Gasteiger partial charge in [-0.3, -0.25) is 9.89 Å². The smallest absolute Gasteiger partial charge is 0.256 e. The van der Waals surface area contributed by atoms with Crippen LogP contribution in [0.4, 0.5) is 10.2 Å². The molecule has 3 aromatic rings. The van der Waals surface area contributed by atoms with E-state index < -0.39 is 5.82 Å². The van der Waals surface area contributed by atoms with Gasteiger partial charge in [0.2, 0.25) is 0 Å². The maximum Gasteiger partial charge on any atom is 0.256 e. The van der Waals surface area contributed by atoms with Gasteiger partial charge in [-0.1, -0.05) is 36.4 Å². The molecule has 0 radical (unpaired) electrons. The van der Waals surface area contributed by atoms with Crippen LogP contribution in [0.2, 0.25) is 0 Å². The molecule has 2 N–H and O–H groups in total. The van der Waals surface area contributed by atoms with Gasteiger partial charge in [-0.25, -0.2) is 4.39 Å². The lowest BCUT2D eigenvalue weighted by Crippen LogP contribution is -2.12. The number of rotatable bonds is 5. The second-order valence-electron chi connectivity index (χ2n) is 5.23. The molecule has 0 fully saturated rings. The normalized spacial score (nSPS) is 10.5. The summed E-state index contributed by atoms with van der Waals surface area (Å²) in [7, 11) is 0. The van der Waals surface area contributed by atoms with Crippen LogP contribution < -0.4 is 5.32 Å². The molecule has 0 unspecified atom stereocenters. The molecule has 0 aliphatic heterocycles. The van der Waals surface area contributed by atoms with Gasteiger partial charge in [0.05, 0.1) is 0 Å². The van der Waals surface area contributed by atoms with Gasteiger partial charge < -0.3 is 5.32 Å². The summed E-state index contributed by atoms with van der Waals surface area (Å²) < 4.78 is 13.1. The van der Waals surface area contributed by atoms with E-state index in [1.165, 1.54) is 23.8 Å². The minimum atomic E-state index is -0.441. The minimum Gasteiger partial charge on any atom is -0.305 e. The molecule has 0 aliphatic rings. The number of benzene rings is 2. The Morgan fingerprint density at radius 3 is 2.65 bits per heavy atom. The molecule has 116 valence electrons. The van der Waals surface area contributed by atoms with Crippen molar-refractivity contribution in [1.82, 2.24) is 10.2 Å². The van der Waals surface area contributed by atoms with E-state index >= 15 is 0 Å². The van der Waals surface area contributed by atoms with Crippen molar-refractivity contribution >= 4 is 11.7 Å². The van der Waals surface area contributed by atoms with Crippen molar-refractivity contribution in [2.24, 2.45) is 0 Å². The van der Waals surface area contributed by atoms with Gasteiger partial charge >= 0.3 is 0 Å². The van der Waals surface area contributed by atoms with Crippen LogP contribution >= 0.6 is 0 Å². The molecule has 1 amide bonds.